The van der Waals surface area contributed by atoms with Crippen LogP contribution in [0.25, 0.3) is 5.76 Å². The van der Waals surface area contributed by atoms with E-state index in [-0.39, 0.29) is 34.7 Å². The molecular weight excluding hydrogens is 626 g/mol. The molecule has 272 valence electrons. The van der Waals surface area contributed by atoms with Crippen molar-refractivity contribution in [3.05, 3.63) is 40.2 Å². The molecule has 2 unspecified atom stereocenters. The van der Waals surface area contributed by atoms with Crippen LogP contribution < -0.4 is 11.1 Å². The summed E-state index contributed by atoms with van der Waals surface area (Å²) in [5.74, 6) is -7.22. The Morgan fingerprint density at radius 2 is 1.47 bits per heavy atom. The van der Waals surface area contributed by atoms with E-state index in [9.17, 15) is 39.9 Å². The van der Waals surface area contributed by atoms with Gasteiger partial charge in [-0.1, -0.05) is 97.0 Å². The number of aliphatic hydroxyl groups is 4. The number of nitrogens with one attached hydrogen (secondary N) is 1. The van der Waals surface area contributed by atoms with Crippen LogP contribution in [0.5, 0.6) is 5.75 Å². The van der Waals surface area contributed by atoms with Crippen molar-refractivity contribution in [3.8, 4) is 5.75 Å². The lowest BCUT2D eigenvalue weighted by atomic mass is 9.54. The number of phenolic OH excluding ortho intramolecular Hbond substituents is 1. The molecular formula is C38H57N3O8. The SMILES string of the molecule is CCCCCCCCCCCCCCCC(=O)Nc1ccc2c(c1O)C(O)=C1C(=O)[C@]3(O)C(O)=C(CN)C(=O)[C@@H](N(C)C)C3[C@@H](O)C1[C@H]2C. The van der Waals surface area contributed by atoms with Crippen LogP contribution in [-0.2, 0) is 14.4 Å². The number of unbranched alkanes of at least 4 members (excludes halogenated alkanes) is 12. The zero-order chi connectivity index (χ0) is 36.0. The fourth-order valence-corrected chi connectivity index (χ4v) is 8.26. The van der Waals surface area contributed by atoms with E-state index < -0.39 is 70.9 Å². The number of ketones is 2. The summed E-state index contributed by atoms with van der Waals surface area (Å²) in [6.07, 6.45) is 14.2. The quantitative estimate of drug-likeness (QED) is 0.0827. The average Bonchev–Trinajstić information content (AvgIpc) is 3.06. The molecule has 8 N–H and O–H groups in total. The van der Waals surface area contributed by atoms with Crippen molar-refractivity contribution >= 4 is 28.9 Å². The molecule has 4 rings (SSSR count). The number of nitrogens with zero attached hydrogens (tertiary/aromatic N) is 1. The third-order valence-corrected chi connectivity index (χ3v) is 11.0. The fraction of sp³-hybridized carbons (Fsp3) is 0.658. The van der Waals surface area contributed by atoms with Gasteiger partial charge in [0.1, 0.15) is 17.3 Å². The van der Waals surface area contributed by atoms with E-state index in [1.807, 2.05) is 0 Å². The van der Waals surface area contributed by atoms with Crippen LogP contribution in [-0.4, -0.2) is 86.3 Å². The molecule has 0 heterocycles. The zero-order valence-electron chi connectivity index (χ0n) is 29.6. The van der Waals surface area contributed by atoms with Gasteiger partial charge in [0, 0.05) is 24.5 Å². The predicted octanol–water partition coefficient (Wildman–Crippen LogP) is 5.39. The summed E-state index contributed by atoms with van der Waals surface area (Å²) >= 11 is 0. The summed E-state index contributed by atoms with van der Waals surface area (Å²) in [5, 5.41) is 60.3. The topological polar surface area (TPSA) is 194 Å². The Morgan fingerprint density at radius 1 is 0.918 bits per heavy atom. The minimum absolute atomic E-state index is 0.0562. The largest absolute Gasteiger partial charge is 0.508 e. The van der Waals surface area contributed by atoms with Crippen molar-refractivity contribution in [2.24, 2.45) is 17.6 Å². The Morgan fingerprint density at radius 3 is 2.00 bits per heavy atom. The molecule has 0 aromatic heterocycles. The predicted molar refractivity (Wildman–Crippen MR) is 189 cm³/mol. The van der Waals surface area contributed by atoms with E-state index in [0.717, 1.165) is 19.3 Å². The maximum absolute atomic E-state index is 14.2. The highest BCUT2D eigenvalue weighted by Crippen LogP contribution is 2.56. The molecule has 1 aromatic rings. The van der Waals surface area contributed by atoms with Crippen LogP contribution in [0.4, 0.5) is 5.69 Å². The highest BCUT2D eigenvalue weighted by atomic mass is 16.4. The van der Waals surface area contributed by atoms with Crippen molar-refractivity contribution in [3.63, 3.8) is 0 Å². The maximum Gasteiger partial charge on any atom is 0.224 e. The molecule has 0 spiro atoms. The van der Waals surface area contributed by atoms with Gasteiger partial charge in [-0.3, -0.25) is 19.3 Å². The van der Waals surface area contributed by atoms with E-state index in [4.69, 9.17) is 5.73 Å². The molecule has 6 atom stereocenters. The van der Waals surface area contributed by atoms with Gasteiger partial charge < -0.3 is 36.6 Å². The van der Waals surface area contributed by atoms with Gasteiger partial charge >= 0.3 is 0 Å². The maximum atomic E-state index is 14.2. The lowest BCUT2D eigenvalue weighted by Crippen LogP contribution is -2.70. The number of phenols is 1. The number of benzene rings is 1. The highest BCUT2D eigenvalue weighted by molar-refractivity contribution is 6.15. The van der Waals surface area contributed by atoms with Crippen molar-refractivity contribution in [1.82, 2.24) is 4.90 Å². The van der Waals surface area contributed by atoms with E-state index in [1.165, 1.54) is 68.8 Å². The monoisotopic (exact) mass is 683 g/mol. The first kappa shape index (κ1) is 38.6. The summed E-state index contributed by atoms with van der Waals surface area (Å²) in [6.45, 7) is 3.49. The fourth-order valence-electron chi connectivity index (χ4n) is 8.26. The van der Waals surface area contributed by atoms with Gasteiger partial charge in [0.25, 0.3) is 0 Å². The van der Waals surface area contributed by atoms with Crippen LogP contribution in [0.1, 0.15) is 121 Å². The molecule has 0 aliphatic heterocycles. The minimum Gasteiger partial charge on any atom is -0.508 e. The van der Waals surface area contributed by atoms with Crippen molar-refractivity contribution in [2.45, 2.75) is 127 Å². The molecule has 11 heteroatoms. The van der Waals surface area contributed by atoms with Crippen molar-refractivity contribution in [2.75, 3.05) is 26.0 Å². The second-order valence-electron chi connectivity index (χ2n) is 14.5. The molecule has 1 fully saturated rings. The zero-order valence-corrected chi connectivity index (χ0v) is 29.6. The Balaban J connectivity index is 1.44. The minimum atomic E-state index is -2.75. The number of likely N-dealkylation sites (N-methyl/N-ethyl adjacent to an activating group) is 1. The second kappa shape index (κ2) is 16.6. The number of rotatable bonds is 17. The molecule has 0 radical (unpaired) electrons. The van der Waals surface area contributed by atoms with Gasteiger partial charge in [0.2, 0.25) is 11.7 Å². The summed E-state index contributed by atoms with van der Waals surface area (Å²) < 4.78 is 0. The summed E-state index contributed by atoms with van der Waals surface area (Å²) in [6, 6.07) is 1.95. The number of hydrogen-bond acceptors (Lipinski definition) is 10. The molecule has 1 saturated carbocycles. The van der Waals surface area contributed by atoms with Crippen molar-refractivity contribution in [1.29, 1.82) is 0 Å². The summed E-state index contributed by atoms with van der Waals surface area (Å²) in [7, 11) is 3.12. The molecule has 0 saturated heterocycles. The average molecular weight is 684 g/mol. The molecule has 3 aliphatic carbocycles. The molecule has 0 bridgehead atoms. The number of amides is 1. The van der Waals surface area contributed by atoms with Gasteiger partial charge in [0.15, 0.2) is 11.4 Å². The number of hydrogen-bond donors (Lipinski definition) is 7. The standard InChI is InChI=1S/C38H57N3O8/c1-5-6-7-8-9-10-11-12-13-14-15-16-17-18-26(42)40-25-20-19-23-22(2)27-29(34(45)28(23)33(25)44)37(48)38(49)30(35(27)46)31(41(3)4)32(43)24(21-39)36(38)47/h19-20,22,27,30-31,35,44-47,49H,5-18,21,39H2,1-4H3,(H,40,42)/t22-,27?,30?,31-,35-,38+/m0/s1. The normalized spacial score (nSPS) is 26.6. The van der Waals surface area contributed by atoms with Gasteiger partial charge in [0.05, 0.1) is 34.9 Å². The number of carbonyl (C=O) groups is 3. The number of Topliss-reactive ketones (excluding diaryl/α,β-unsaturated/α-hetero) is 2. The Bertz CT molecular complexity index is 1450. The van der Waals surface area contributed by atoms with Crippen LogP contribution >= 0.6 is 0 Å². The number of nitrogens with two attached hydrogens (primary N) is 1. The molecule has 3 aliphatic rings. The van der Waals surface area contributed by atoms with Crippen LogP contribution in [0.3, 0.4) is 0 Å². The lowest BCUT2D eigenvalue weighted by Gasteiger charge is -2.54. The number of aliphatic hydroxyl groups excluding tert-OH is 3. The third-order valence-electron chi connectivity index (χ3n) is 11.0. The number of fused-ring (bicyclic) bond motifs is 3. The van der Waals surface area contributed by atoms with Crippen LogP contribution in [0.15, 0.2) is 29.0 Å². The van der Waals surface area contributed by atoms with E-state index in [2.05, 4.69) is 12.2 Å². The Kier molecular flexibility index (Phi) is 13.1. The van der Waals surface area contributed by atoms with Gasteiger partial charge in [-0.15, -0.1) is 0 Å². The number of anilines is 1. The highest BCUT2D eigenvalue weighted by Gasteiger charge is 2.67. The van der Waals surface area contributed by atoms with E-state index >= 15 is 0 Å². The first-order valence-corrected chi connectivity index (χ1v) is 18.2. The van der Waals surface area contributed by atoms with E-state index in [1.54, 1.807) is 27.1 Å². The molecule has 11 nitrogen and oxygen atoms in total. The Labute approximate surface area is 290 Å². The molecule has 1 aromatic carbocycles. The van der Waals surface area contributed by atoms with E-state index in [0.29, 0.717) is 12.0 Å². The molecule has 1 amide bonds. The van der Waals surface area contributed by atoms with Gasteiger partial charge in [-0.25, -0.2) is 0 Å². The third kappa shape index (κ3) is 7.45. The first-order valence-electron chi connectivity index (χ1n) is 18.2. The first-order chi connectivity index (χ1) is 23.3. The second-order valence-corrected chi connectivity index (χ2v) is 14.5. The number of carbonyl (C=O) groups excluding carboxylic acids is 3. The van der Waals surface area contributed by atoms with Crippen LogP contribution in [0, 0.1) is 11.8 Å². The summed E-state index contributed by atoms with van der Waals surface area (Å²) in [5.41, 5.74) is 2.67. The van der Waals surface area contributed by atoms with Crippen molar-refractivity contribution < 1.29 is 39.9 Å². The Hall–Kier alpha value is -3.25. The molecule has 49 heavy (non-hydrogen) atoms. The van der Waals surface area contributed by atoms with Gasteiger partial charge in [-0.2, -0.15) is 0 Å². The number of aromatic hydroxyl groups is 1. The van der Waals surface area contributed by atoms with Crippen LogP contribution in [0.2, 0.25) is 0 Å². The summed E-state index contributed by atoms with van der Waals surface area (Å²) in [4.78, 5) is 41.8. The smallest absolute Gasteiger partial charge is 0.224 e. The van der Waals surface area contributed by atoms with Gasteiger partial charge in [-0.05, 0) is 38.1 Å². The lowest BCUT2D eigenvalue weighted by molar-refractivity contribution is -0.169.